The van der Waals surface area contributed by atoms with E-state index < -0.39 is 0 Å². The zero-order chi connectivity index (χ0) is 10.0. The summed E-state index contributed by atoms with van der Waals surface area (Å²) in [7, 11) is 1.66. The van der Waals surface area contributed by atoms with Gasteiger partial charge in [0.25, 0.3) is 0 Å². The second-order valence-electron chi connectivity index (χ2n) is 3.38. The second-order valence-corrected chi connectivity index (χ2v) is 3.38. The van der Waals surface area contributed by atoms with Gasteiger partial charge in [0.15, 0.2) is 0 Å². The fraction of sp³-hybridized carbons (Fsp3) is 0.857. The van der Waals surface area contributed by atoms with Crippen LogP contribution in [0.3, 0.4) is 0 Å². The molecule has 0 saturated carbocycles. The van der Waals surface area contributed by atoms with E-state index in [1.54, 1.807) is 7.11 Å². The van der Waals surface area contributed by atoms with E-state index in [1.807, 2.05) is 0 Å². The number of tetrazole rings is 1. The van der Waals surface area contributed by atoms with Gasteiger partial charge in [0.05, 0.1) is 13.2 Å². The molecule has 0 radical (unpaired) electrons. The van der Waals surface area contributed by atoms with Gasteiger partial charge in [-0.15, -0.1) is 0 Å². The highest BCUT2D eigenvalue weighted by Gasteiger charge is 2.36. The molecule has 78 valence electrons. The number of hydrogen-bond acceptors (Lipinski definition) is 6. The molecule has 1 unspecified atom stereocenters. The second kappa shape index (κ2) is 3.50. The first kappa shape index (κ1) is 9.35. The minimum Gasteiger partial charge on any atom is -0.378 e. The first-order valence-corrected chi connectivity index (χ1v) is 4.40. The Hall–Kier alpha value is -1.21. The SMILES string of the molecule is COC1(Cn2nnnc2N)CCOC1. The standard InChI is InChI=1S/C7H13N5O2/c1-13-7(2-3-14-5-7)4-12-6(8)9-10-11-12/h2-5H2,1H3,(H2,8,9,11). The molecule has 1 aromatic rings. The van der Waals surface area contributed by atoms with Crippen molar-refractivity contribution in [3.63, 3.8) is 0 Å². The van der Waals surface area contributed by atoms with Gasteiger partial charge in [-0.1, -0.05) is 5.10 Å². The van der Waals surface area contributed by atoms with Crippen molar-refractivity contribution in [3.05, 3.63) is 0 Å². The minimum absolute atomic E-state index is 0.299. The molecule has 2 rings (SSSR count). The fourth-order valence-corrected chi connectivity index (χ4v) is 1.54. The molecule has 0 aliphatic carbocycles. The van der Waals surface area contributed by atoms with Gasteiger partial charge in [0.2, 0.25) is 5.95 Å². The topological polar surface area (TPSA) is 88.1 Å². The average molecular weight is 199 g/mol. The van der Waals surface area contributed by atoms with Gasteiger partial charge in [-0.3, -0.25) is 0 Å². The fourth-order valence-electron chi connectivity index (χ4n) is 1.54. The zero-order valence-electron chi connectivity index (χ0n) is 8.01. The number of nitrogens with two attached hydrogens (primary N) is 1. The third kappa shape index (κ3) is 1.55. The third-order valence-electron chi connectivity index (χ3n) is 2.50. The molecular formula is C7H13N5O2. The van der Waals surface area contributed by atoms with Crippen LogP contribution in [0.15, 0.2) is 0 Å². The van der Waals surface area contributed by atoms with E-state index in [2.05, 4.69) is 15.5 Å². The Morgan fingerprint density at radius 2 is 2.57 bits per heavy atom. The maximum Gasteiger partial charge on any atom is 0.240 e. The molecule has 1 fully saturated rings. The number of nitrogens with zero attached hydrogens (tertiary/aromatic N) is 4. The van der Waals surface area contributed by atoms with Crippen LogP contribution < -0.4 is 5.73 Å². The number of methoxy groups -OCH3 is 1. The quantitative estimate of drug-likeness (QED) is 0.676. The van der Waals surface area contributed by atoms with E-state index >= 15 is 0 Å². The Bertz CT molecular complexity index is 307. The predicted molar refractivity (Wildman–Crippen MR) is 47.4 cm³/mol. The summed E-state index contributed by atoms with van der Waals surface area (Å²) in [4.78, 5) is 0. The monoisotopic (exact) mass is 199 g/mol. The van der Waals surface area contributed by atoms with E-state index in [0.717, 1.165) is 6.42 Å². The minimum atomic E-state index is -0.330. The summed E-state index contributed by atoms with van der Waals surface area (Å²) in [6.07, 6.45) is 0.836. The highest BCUT2D eigenvalue weighted by Crippen LogP contribution is 2.24. The summed E-state index contributed by atoms with van der Waals surface area (Å²) in [6.45, 7) is 1.79. The Kier molecular flexibility index (Phi) is 2.34. The van der Waals surface area contributed by atoms with Crippen LogP contribution in [0.2, 0.25) is 0 Å². The summed E-state index contributed by atoms with van der Waals surface area (Å²) in [5.41, 5.74) is 5.23. The van der Waals surface area contributed by atoms with E-state index in [0.29, 0.717) is 25.7 Å². The van der Waals surface area contributed by atoms with Gasteiger partial charge < -0.3 is 15.2 Å². The first-order chi connectivity index (χ1) is 6.76. The molecule has 1 saturated heterocycles. The number of nitrogen functional groups attached to an aromatic ring is 1. The van der Waals surface area contributed by atoms with Crippen molar-refractivity contribution in [2.45, 2.75) is 18.6 Å². The largest absolute Gasteiger partial charge is 0.378 e. The highest BCUT2D eigenvalue weighted by molar-refractivity contribution is 5.10. The van der Waals surface area contributed by atoms with Gasteiger partial charge in [-0.05, 0) is 10.4 Å². The van der Waals surface area contributed by atoms with Gasteiger partial charge in [0, 0.05) is 20.1 Å². The van der Waals surface area contributed by atoms with Crippen LogP contribution in [0, 0.1) is 0 Å². The Balaban J connectivity index is 2.12. The molecule has 0 amide bonds. The molecule has 2 heterocycles. The van der Waals surface area contributed by atoms with Gasteiger partial charge in [-0.25, -0.2) is 4.68 Å². The van der Waals surface area contributed by atoms with E-state index in [9.17, 15) is 0 Å². The van der Waals surface area contributed by atoms with Crippen LogP contribution in [-0.2, 0) is 16.0 Å². The summed E-state index contributed by atoms with van der Waals surface area (Å²) in [5.74, 6) is 0.299. The maximum atomic E-state index is 5.56. The van der Waals surface area contributed by atoms with Crippen LogP contribution in [0.4, 0.5) is 5.95 Å². The molecular weight excluding hydrogens is 186 g/mol. The molecule has 7 nitrogen and oxygen atoms in total. The molecule has 0 bridgehead atoms. The first-order valence-electron chi connectivity index (χ1n) is 4.40. The lowest BCUT2D eigenvalue weighted by atomic mass is 10.0. The third-order valence-corrected chi connectivity index (χ3v) is 2.50. The zero-order valence-corrected chi connectivity index (χ0v) is 8.01. The summed E-state index contributed by atoms with van der Waals surface area (Å²) in [6, 6.07) is 0. The molecule has 14 heavy (non-hydrogen) atoms. The lowest BCUT2D eigenvalue weighted by Gasteiger charge is -2.24. The van der Waals surface area contributed by atoms with Crippen molar-refractivity contribution < 1.29 is 9.47 Å². The van der Waals surface area contributed by atoms with Crippen molar-refractivity contribution in [1.82, 2.24) is 20.2 Å². The predicted octanol–water partition coefficient (Wildman–Crippen LogP) is -0.939. The summed E-state index contributed by atoms with van der Waals surface area (Å²) < 4.78 is 12.2. The number of ether oxygens (including phenoxy) is 2. The van der Waals surface area contributed by atoms with E-state index in [-0.39, 0.29) is 5.60 Å². The van der Waals surface area contributed by atoms with Crippen LogP contribution in [0.25, 0.3) is 0 Å². The highest BCUT2D eigenvalue weighted by atomic mass is 16.5. The van der Waals surface area contributed by atoms with Gasteiger partial charge >= 0.3 is 0 Å². The Labute approximate surface area is 81.2 Å². The number of rotatable bonds is 3. The molecule has 0 aromatic carbocycles. The molecule has 1 aliphatic heterocycles. The van der Waals surface area contributed by atoms with Gasteiger partial charge in [0.1, 0.15) is 5.60 Å². The van der Waals surface area contributed by atoms with E-state index in [1.165, 1.54) is 4.68 Å². The molecule has 0 spiro atoms. The van der Waals surface area contributed by atoms with E-state index in [4.69, 9.17) is 15.2 Å². The van der Waals surface area contributed by atoms with Crippen LogP contribution >= 0.6 is 0 Å². The number of hydrogen-bond donors (Lipinski definition) is 1. The smallest absolute Gasteiger partial charge is 0.240 e. The average Bonchev–Trinajstić information content (AvgIpc) is 2.79. The van der Waals surface area contributed by atoms with Gasteiger partial charge in [-0.2, -0.15) is 0 Å². The van der Waals surface area contributed by atoms with Crippen LogP contribution in [0.1, 0.15) is 6.42 Å². The Morgan fingerprint density at radius 3 is 3.07 bits per heavy atom. The molecule has 1 atom stereocenters. The summed E-state index contributed by atoms with van der Waals surface area (Å²) >= 11 is 0. The number of aromatic nitrogens is 4. The van der Waals surface area contributed by atoms with Crippen molar-refractivity contribution in [1.29, 1.82) is 0 Å². The molecule has 1 aromatic heterocycles. The Morgan fingerprint density at radius 1 is 1.71 bits per heavy atom. The normalized spacial score (nSPS) is 26.9. The van der Waals surface area contributed by atoms with Crippen molar-refractivity contribution in [2.75, 3.05) is 26.1 Å². The van der Waals surface area contributed by atoms with Crippen molar-refractivity contribution >= 4 is 5.95 Å². The number of anilines is 1. The van der Waals surface area contributed by atoms with Crippen LogP contribution in [-0.4, -0.2) is 46.1 Å². The molecule has 1 aliphatic rings. The van der Waals surface area contributed by atoms with Crippen molar-refractivity contribution in [2.24, 2.45) is 0 Å². The molecule has 7 heteroatoms. The lowest BCUT2D eigenvalue weighted by Crippen LogP contribution is -2.37. The summed E-state index contributed by atoms with van der Waals surface area (Å²) in [5, 5.41) is 10.8. The molecule has 2 N–H and O–H groups in total. The van der Waals surface area contributed by atoms with Crippen molar-refractivity contribution in [3.8, 4) is 0 Å². The lowest BCUT2D eigenvalue weighted by molar-refractivity contribution is -0.0316. The van der Waals surface area contributed by atoms with Crippen LogP contribution in [0.5, 0.6) is 0 Å². The maximum absolute atomic E-state index is 5.56.